The van der Waals surface area contributed by atoms with Crippen LogP contribution in [0.4, 0.5) is 0 Å². The van der Waals surface area contributed by atoms with Crippen molar-refractivity contribution in [1.29, 1.82) is 0 Å². The van der Waals surface area contributed by atoms with Crippen molar-refractivity contribution in [2.45, 2.75) is 33.5 Å². The number of cyclic esters (lactones) is 2. The van der Waals surface area contributed by atoms with Gasteiger partial charge >= 0.3 is 11.9 Å². The van der Waals surface area contributed by atoms with Crippen molar-refractivity contribution in [2.75, 3.05) is 6.61 Å². The molecule has 0 amide bonds. The smallest absolute Gasteiger partial charge is 0.352 e. The summed E-state index contributed by atoms with van der Waals surface area (Å²) in [6.07, 6.45) is 0. The minimum Gasteiger partial charge on any atom is -0.497 e. The molecule has 0 bridgehead atoms. The Labute approximate surface area is 88.0 Å². The average Bonchev–Trinajstić information content (AvgIpc) is 1.99. The van der Waals surface area contributed by atoms with Crippen molar-refractivity contribution in [3.8, 4) is 0 Å². The van der Waals surface area contributed by atoms with E-state index in [1.807, 2.05) is 0 Å². The van der Waals surface area contributed by atoms with Crippen LogP contribution >= 0.6 is 0 Å². The Kier molecular flexibility index (Phi) is 3.02. The van der Waals surface area contributed by atoms with E-state index in [9.17, 15) is 9.59 Å². The van der Waals surface area contributed by atoms with Crippen LogP contribution in [0.5, 0.6) is 0 Å². The predicted octanol–water partition coefficient (Wildman–Crippen LogP) is 1.13. The van der Waals surface area contributed by atoms with E-state index in [0.29, 0.717) is 6.61 Å². The lowest BCUT2D eigenvalue weighted by atomic mass is 10.2. The molecular weight excluding hydrogens is 200 g/mol. The van der Waals surface area contributed by atoms with Gasteiger partial charge in [0.2, 0.25) is 0 Å². The molecule has 0 unspecified atom stereocenters. The minimum atomic E-state index is -1.20. The fraction of sp³-hybridized carbons (Fsp3) is 0.600. The standard InChI is InChI=1S/C10H14O5/c1-5-13-6(2)7-8(11)14-10(3,4)15-9(7)12/h5H2,1-4H3. The lowest BCUT2D eigenvalue weighted by molar-refractivity contribution is -0.222. The summed E-state index contributed by atoms with van der Waals surface area (Å²) in [5.74, 6) is -2.39. The average molecular weight is 214 g/mol. The quantitative estimate of drug-likeness (QED) is 0.298. The van der Waals surface area contributed by atoms with Gasteiger partial charge in [0.1, 0.15) is 5.76 Å². The summed E-state index contributed by atoms with van der Waals surface area (Å²) in [6.45, 7) is 6.65. The van der Waals surface area contributed by atoms with E-state index < -0.39 is 17.7 Å². The number of hydrogen-bond donors (Lipinski definition) is 0. The Morgan fingerprint density at radius 1 is 1.27 bits per heavy atom. The zero-order valence-electron chi connectivity index (χ0n) is 9.25. The third-order valence-electron chi connectivity index (χ3n) is 1.80. The normalized spacial score (nSPS) is 19.3. The second kappa shape index (κ2) is 3.92. The van der Waals surface area contributed by atoms with Crippen LogP contribution in [0, 0.1) is 0 Å². The van der Waals surface area contributed by atoms with Gasteiger partial charge in [-0.3, -0.25) is 0 Å². The Hall–Kier alpha value is -1.52. The number of hydrogen-bond acceptors (Lipinski definition) is 5. The Balaban J connectivity index is 2.98. The molecule has 1 heterocycles. The molecule has 15 heavy (non-hydrogen) atoms. The predicted molar refractivity (Wildman–Crippen MR) is 50.6 cm³/mol. The van der Waals surface area contributed by atoms with Crippen LogP contribution in [0.15, 0.2) is 11.3 Å². The van der Waals surface area contributed by atoms with Gasteiger partial charge in [-0.05, 0) is 13.8 Å². The first-order valence-electron chi connectivity index (χ1n) is 4.67. The molecule has 1 aliphatic heterocycles. The van der Waals surface area contributed by atoms with E-state index in [1.54, 1.807) is 6.92 Å². The van der Waals surface area contributed by atoms with Gasteiger partial charge in [0.15, 0.2) is 5.57 Å². The summed E-state index contributed by atoms with van der Waals surface area (Å²) in [5, 5.41) is 0. The van der Waals surface area contributed by atoms with E-state index in [0.717, 1.165) is 0 Å². The van der Waals surface area contributed by atoms with Gasteiger partial charge in [-0.2, -0.15) is 0 Å². The van der Waals surface area contributed by atoms with Gasteiger partial charge in [0.25, 0.3) is 5.79 Å². The summed E-state index contributed by atoms with van der Waals surface area (Å²) in [7, 11) is 0. The number of allylic oxidation sites excluding steroid dienone is 1. The molecule has 1 aliphatic rings. The van der Waals surface area contributed by atoms with Crippen LogP contribution in [0.2, 0.25) is 0 Å². The van der Waals surface area contributed by atoms with Crippen LogP contribution in [-0.2, 0) is 23.8 Å². The zero-order valence-corrected chi connectivity index (χ0v) is 9.25. The van der Waals surface area contributed by atoms with Gasteiger partial charge in [-0.25, -0.2) is 9.59 Å². The summed E-state index contributed by atoms with van der Waals surface area (Å²) in [5.41, 5.74) is -0.170. The highest BCUT2D eigenvalue weighted by Gasteiger charge is 2.40. The van der Waals surface area contributed by atoms with Crippen molar-refractivity contribution >= 4 is 11.9 Å². The fourth-order valence-electron chi connectivity index (χ4n) is 1.23. The molecule has 84 valence electrons. The van der Waals surface area contributed by atoms with Gasteiger partial charge in [0.05, 0.1) is 6.61 Å². The number of esters is 2. The van der Waals surface area contributed by atoms with Gasteiger partial charge < -0.3 is 14.2 Å². The number of carbonyl (C=O) groups excluding carboxylic acids is 2. The molecule has 1 rings (SSSR count). The van der Waals surface area contributed by atoms with Crippen molar-refractivity contribution in [3.05, 3.63) is 11.3 Å². The molecule has 0 N–H and O–H groups in total. The van der Waals surface area contributed by atoms with Crippen LogP contribution in [-0.4, -0.2) is 24.3 Å². The SMILES string of the molecule is CCOC(C)=C1C(=O)OC(C)(C)OC1=O. The van der Waals surface area contributed by atoms with Crippen LogP contribution in [0.1, 0.15) is 27.7 Å². The first-order chi connectivity index (χ1) is 6.87. The summed E-state index contributed by atoms with van der Waals surface area (Å²) in [4.78, 5) is 23.0. The molecular formula is C10H14O5. The van der Waals surface area contributed by atoms with Gasteiger partial charge in [0, 0.05) is 13.8 Å². The van der Waals surface area contributed by atoms with Gasteiger partial charge in [-0.1, -0.05) is 0 Å². The Morgan fingerprint density at radius 3 is 2.13 bits per heavy atom. The van der Waals surface area contributed by atoms with Crippen LogP contribution < -0.4 is 0 Å². The van der Waals surface area contributed by atoms with E-state index in [4.69, 9.17) is 14.2 Å². The molecule has 0 saturated carbocycles. The summed E-state index contributed by atoms with van der Waals surface area (Å²) >= 11 is 0. The largest absolute Gasteiger partial charge is 0.497 e. The molecule has 1 fully saturated rings. The fourth-order valence-corrected chi connectivity index (χ4v) is 1.23. The highest BCUT2D eigenvalue weighted by Crippen LogP contribution is 2.24. The van der Waals surface area contributed by atoms with Crippen molar-refractivity contribution in [2.24, 2.45) is 0 Å². The van der Waals surface area contributed by atoms with E-state index >= 15 is 0 Å². The first-order valence-corrected chi connectivity index (χ1v) is 4.67. The second-order valence-corrected chi connectivity index (χ2v) is 3.54. The molecule has 0 radical (unpaired) electrons. The maximum absolute atomic E-state index is 11.5. The molecule has 0 atom stereocenters. The van der Waals surface area contributed by atoms with E-state index in [-0.39, 0.29) is 11.3 Å². The zero-order chi connectivity index (χ0) is 11.6. The van der Waals surface area contributed by atoms with E-state index in [2.05, 4.69) is 0 Å². The topological polar surface area (TPSA) is 61.8 Å². The third-order valence-corrected chi connectivity index (χ3v) is 1.80. The minimum absolute atomic E-state index is 0.170. The molecule has 0 spiro atoms. The van der Waals surface area contributed by atoms with Gasteiger partial charge in [-0.15, -0.1) is 0 Å². The second-order valence-electron chi connectivity index (χ2n) is 3.54. The monoisotopic (exact) mass is 214 g/mol. The summed E-state index contributed by atoms with van der Waals surface area (Å²) < 4.78 is 14.9. The molecule has 0 aliphatic carbocycles. The Bertz CT molecular complexity index is 305. The first kappa shape index (κ1) is 11.6. The molecule has 1 saturated heterocycles. The molecule has 5 heteroatoms. The molecule has 5 nitrogen and oxygen atoms in total. The van der Waals surface area contributed by atoms with Crippen molar-refractivity contribution < 1.29 is 23.8 Å². The van der Waals surface area contributed by atoms with Crippen molar-refractivity contribution in [1.82, 2.24) is 0 Å². The number of carbonyl (C=O) groups is 2. The number of ether oxygens (including phenoxy) is 3. The third kappa shape index (κ3) is 2.49. The highest BCUT2D eigenvalue weighted by molar-refractivity contribution is 6.15. The van der Waals surface area contributed by atoms with Crippen molar-refractivity contribution in [3.63, 3.8) is 0 Å². The van der Waals surface area contributed by atoms with Crippen LogP contribution in [0.25, 0.3) is 0 Å². The lowest BCUT2D eigenvalue weighted by Gasteiger charge is -2.30. The maximum Gasteiger partial charge on any atom is 0.352 e. The molecule has 0 aromatic rings. The maximum atomic E-state index is 11.5. The Morgan fingerprint density at radius 2 is 1.73 bits per heavy atom. The highest BCUT2D eigenvalue weighted by atomic mass is 16.7. The van der Waals surface area contributed by atoms with Crippen LogP contribution in [0.3, 0.4) is 0 Å². The number of rotatable bonds is 2. The molecule has 0 aromatic heterocycles. The lowest BCUT2D eigenvalue weighted by Crippen LogP contribution is -2.42. The van der Waals surface area contributed by atoms with E-state index in [1.165, 1.54) is 20.8 Å². The summed E-state index contributed by atoms with van der Waals surface area (Å²) in [6, 6.07) is 0. The molecule has 0 aromatic carbocycles.